The fourth-order valence-electron chi connectivity index (χ4n) is 3.25. The van der Waals surface area contributed by atoms with Crippen LogP contribution in [0.25, 0.3) is 11.4 Å². The predicted octanol–water partition coefficient (Wildman–Crippen LogP) is 4.33. The minimum Gasteiger partial charge on any atom is -0.497 e. The van der Waals surface area contributed by atoms with Gasteiger partial charge < -0.3 is 14.6 Å². The molecule has 8 nitrogen and oxygen atoms in total. The van der Waals surface area contributed by atoms with Crippen molar-refractivity contribution in [1.82, 2.24) is 9.55 Å². The maximum atomic E-state index is 12.8. The van der Waals surface area contributed by atoms with Crippen LogP contribution in [0.15, 0.2) is 24.3 Å². The first-order chi connectivity index (χ1) is 14.1. The van der Waals surface area contributed by atoms with Gasteiger partial charge in [-0.1, -0.05) is 20.8 Å². The molecule has 1 unspecified atom stereocenters. The molecule has 0 bridgehead atoms. The monoisotopic (exact) mass is 413 g/mol. The number of benzene rings is 1. The van der Waals surface area contributed by atoms with Gasteiger partial charge in [-0.2, -0.15) is 5.26 Å². The molecule has 1 aromatic heterocycles. The second-order valence-corrected chi connectivity index (χ2v) is 7.77. The van der Waals surface area contributed by atoms with E-state index in [1.807, 2.05) is 26.8 Å². The lowest BCUT2D eigenvalue weighted by Crippen LogP contribution is -2.26. The van der Waals surface area contributed by atoms with Gasteiger partial charge in [0.25, 0.3) is 0 Å². The van der Waals surface area contributed by atoms with Crippen molar-refractivity contribution >= 4 is 12.1 Å². The first-order valence-corrected chi connectivity index (χ1v) is 9.70. The Balaban J connectivity index is 2.80. The quantitative estimate of drug-likeness (QED) is 0.672. The molecule has 30 heavy (non-hydrogen) atoms. The minimum atomic E-state index is -1.26. The van der Waals surface area contributed by atoms with Crippen LogP contribution in [0.2, 0.25) is 0 Å². The molecule has 0 saturated carbocycles. The smallest absolute Gasteiger partial charge is 0.417 e. The van der Waals surface area contributed by atoms with Gasteiger partial charge in [-0.05, 0) is 37.6 Å². The van der Waals surface area contributed by atoms with Crippen molar-refractivity contribution in [3.8, 4) is 23.2 Å². The van der Waals surface area contributed by atoms with Crippen LogP contribution in [0.3, 0.4) is 0 Å². The third-order valence-electron chi connectivity index (χ3n) is 4.61. The first kappa shape index (κ1) is 22.9. The lowest BCUT2D eigenvalue weighted by atomic mass is 9.86. The van der Waals surface area contributed by atoms with Crippen LogP contribution >= 0.6 is 0 Å². The number of carbonyl (C=O) groups is 2. The van der Waals surface area contributed by atoms with Crippen LogP contribution in [0, 0.1) is 11.3 Å². The van der Waals surface area contributed by atoms with Crippen LogP contribution in [-0.2, 0) is 14.9 Å². The third kappa shape index (κ3) is 4.79. The Morgan fingerprint density at radius 3 is 2.37 bits per heavy atom. The molecule has 0 fully saturated rings. The van der Waals surface area contributed by atoms with Gasteiger partial charge in [0.2, 0.25) is 0 Å². The van der Waals surface area contributed by atoms with E-state index in [0.717, 1.165) is 4.57 Å². The van der Waals surface area contributed by atoms with Gasteiger partial charge in [0.1, 0.15) is 17.5 Å². The van der Waals surface area contributed by atoms with Gasteiger partial charge >= 0.3 is 12.1 Å². The van der Waals surface area contributed by atoms with Gasteiger partial charge in [0.15, 0.2) is 0 Å². The van der Waals surface area contributed by atoms with Gasteiger partial charge in [-0.3, -0.25) is 4.79 Å². The molecule has 0 aliphatic rings. The number of carboxylic acid groups (broad SMARTS) is 1. The van der Waals surface area contributed by atoms with Gasteiger partial charge in [0.05, 0.1) is 31.2 Å². The second kappa shape index (κ2) is 9.44. The molecule has 0 aliphatic heterocycles. The SMILES string of the molecule is CCOC(=O)C(CCC#N)c1c(C(C)(C)C)nc(-c2ccc(OC)cc2)n1C(=O)O. The van der Waals surface area contributed by atoms with Crippen molar-refractivity contribution < 1.29 is 24.2 Å². The molecule has 2 aromatic rings. The highest BCUT2D eigenvalue weighted by molar-refractivity contribution is 5.83. The third-order valence-corrected chi connectivity index (χ3v) is 4.61. The van der Waals surface area contributed by atoms with Crippen LogP contribution in [0.5, 0.6) is 5.75 Å². The standard InChI is InChI=1S/C22H27N3O5/c1-6-30-20(26)16(8-7-13-23)17-18(22(2,3)4)24-19(25(17)21(27)28)14-9-11-15(29-5)12-10-14/h9-12,16H,6-8H2,1-5H3,(H,27,28). The Hall–Kier alpha value is -3.34. The van der Waals surface area contributed by atoms with Gasteiger partial charge in [-0.25, -0.2) is 14.3 Å². The Kier molecular flexibility index (Phi) is 7.22. The molecule has 0 spiro atoms. The number of rotatable bonds is 7. The summed E-state index contributed by atoms with van der Waals surface area (Å²) >= 11 is 0. The van der Waals surface area contributed by atoms with Gasteiger partial charge in [0, 0.05) is 17.4 Å². The molecule has 8 heteroatoms. The molecule has 1 aromatic carbocycles. The largest absolute Gasteiger partial charge is 0.497 e. The number of methoxy groups -OCH3 is 1. The number of ether oxygens (including phenoxy) is 2. The maximum Gasteiger partial charge on any atom is 0.417 e. The molecule has 1 heterocycles. The van der Waals surface area contributed by atoms with Crippen molar-refractivity contribution in [2.24, 2.45) is 0 Å². The lowest BCUT2D eigenvalue weighted by Gasteiger charge is -2.22. The number of esters is 1. The van der Waals surface area contributed by atoms with Crippen LogP contribution in [0.1, 0.15) is 57.8 Å². The van der Waals surface area contributed by atoms with Crippen molar-refractivity contribution in [3.05, 3.63) is 35.7 Å². The van der Waals surface area contributed by atoms with E-state index in [0.29, 0.717) is 17.0 Å². The normalized spacial score (nSPS) is 12.1. The summed E-state index contributed by atoms with van der Waals surface area (Å²) in [6.45, 7) is 7.53. The molecule has 2 rings (SSSR count). The Bertz CT molecular complexity index is 949. The summed E-state index contributed by atoms with van der Waals surface area (Å²) in [6.07, 6.45) is -1.04. The number of hydrogen-bond acceptors (Lipinski definition) is 6. The summed E-state index contributed by atoms with van der Waals surface area (Å²) in [5, 5.41) is 19.1. The first-order valence-electron chi connectivity index (χ1n) is 9.70. The lowest BCUT2D eigenvalue weighted by molar-refractivity contribution is -0.145. The van der Waals surface area contributed by atoms with E-state index in [2.05, 4.69) is 4.98 Å². The molecule has 0 saturated heterocycles. The van der Waals surface area contributed by atoms with E-state index >= 15 is 0 Å². The number of aromatic nitrogens is 2. The van der Waals surface area contributed by atoms with Crippen molar-refractivity contribution in [3.63, 3.8) is 0 Å². The van der Waals surface area contributed by atoms with E-state index in [9.17, 15) is 14.7 Å². The summed E-state index contributed by atoms with van der Waals surface area (Å²) in [6, 6.07) is 8.88. The highest BCUT2D eigenvalue weighted by atomic mass is 16.5. The molecular formula is C22H27N3O5. The zero-order chi connectivity index (χ0) is 22.5. The Morgan fingerprint density at radius 2 is 1.90 bits per heavy atom. The predicted molar refractivity (Wildman–Crippen MR) is 111 cm³/mol. The average Bonchev–Trinajstić information content (AvgIpc) is 3.09. The van der Waals surface area contributed by atoms with Crippen molar-refractivity contribution in [2.45, 2.75) is 51.9 Å². The summed E-state index contributed by atoms with van der Waals surface area (Å²) in [5.41, 5.74) is 0.744. The number of nitrogens with zero attached hydrogens (tertiary/aromatic N) is 3. The van der Waals surface area contributed by atoms with Crippen LogP contribution in [0.4, 0.5) is 4.79 Å². The molecule has 0 radical (unpaired) electrons. The van der Waals surface area contributed by atoms with E-state index in [4.69, 9.17) is 14.7 Å². The molecule has 0 amide bonds. The van der Waals surface area contributed by atoms with E-state index in [1.165, 1.54) is 0 Å². The minimum absolute atomic E-state index is 0.0791. The average molecular weight is 413 g/mol. The molecule has 1 N–H and O–H groups in total. The Morgan fingerprint density at radius 1 is 1.27 bits per heavy atom. The summed E-state index contributed by atoms with van der Waals surface area (Å²) in [7, 11) is 1.54. The molecular weight excluding hydrogens is 386 g/mol. The highest BCUT2D eigenvalue weighted by Crippen LogP contribution is 2.37. The van der Waals surface area contributed by atoms with Crippen LogP contribution in [-0.4, -0.2) is 40.4 Å². The number of imidazole rings is 1. The van der Waals surface area contributed by atoms with Crippen LogP contribution < -0.4 is 4.74 Å². The topological polar surface area (TPSA) is 114 Å². The molecule has 160 valence electrons. The zero-order valence-electron chi connectivity index (χ0n) is 17.9. The molecule has 1 atom stereocenters. The van der Waals surface area contributed by atoms with Crippen molar-refractivity contribution in [1.29, 1.82) is 5.26 Å². The van der Waals surface area contributed by atoms with E-state index in [-0.39, 0.29) is 31.0 Å². The fraction of sp³-hybridized carbons (Fsp3) is 0.455. The van der Waals surface area contributed by atoms with Gasteiger partial charge in [-0.15, -0.1) is 0 Å². The summed E-state index contributed by atoms with van der Waals surface area (Å²) < 4.78 is 11.4. The molecule has 0 aliphatic carbocycles. The van der Waals surface area contributed by atoms with E-state index in [1.54, 1.807) is 38.3 Å². The second-order valence-electron chi connectivity index (χ2n) is 7.77. The Labute approximate surface area is 176 Å². The number of carbonyl (C=O) groups excluding carboxylic acids is 1. The van der Waals surface area contributed by atoms with Crippen molar-refractivity contribution in [2.75, 3.05) is 13.7 Å². The highest BCUT2D eigenvalue weighted by Gasteiger charge is 2.37. The fourth-order valence-corrected chi connectivity index (χ4v) is 3.25. The van der Waals surface area contributed by atoms with E-state index < -0.39 is 23.4 Å². The zero-order valence-corrected chi connectivity index (χ0v) is 17.9. The summed E-state index contributed by atoms with van der Waals surface area (Å²) in [5.74, 6) is -0.658. The number of nitriles is 1. The summed E-state index contributed by atoms with van der Waals surface area (Å²) in [4.78, 5) is 29.7. The number of hydrogen-bond donors (Lipinski definition) is 1. The maximum absolute atomic E-state index is 12.8.